The van der Waals surface area contributed by atoms with E-state index in [0.29, 0.717) is 11.2 Å². The van der Waals surface area contributed by atoms with Crippen molar-refractivity contribution in [3.63, 3.8) is 0 Å². The Hall–Kier alpha value is -2.95. The minimum absolute atomic E-state index is 0.179. The molecule has 0 saturated heterocycles. The Morgan fingerprint density at radius 1 is 1.05 bits per heavy atom. The molecule has 104 valence electrons. The normalized spacial score (nSPS) is 10.7. The number of carbonyl (C=O) groups is 1. The molecule has 2 aromatic carbocycles. The molecule has 0 aliphatic rings. The first kappa shape index (κ1) is 13.1. The van der Waals surface area contributed by atoms with E-state index < -0.39 is 11.6 Å². The van der Waals surface area contributed by atoms with Crippen LogP contribution in [0.5, 0.6) is 0 Å². The van der Waals surface area contributed by atoms with Gasteiger partial charge in [-0.3, -0.25) is 9.36 Å². The molecular weight excluding hydrogens is 266 g/mol. The van der Waals surface area contributed by atoms with E-state index in [9.17, 15) is 9.59 Å². The van der Waals surface area contributed by atoms with Crippen molar-refractivity contribution in [2.24, 2.45) is 5.73 Å². The molecule has 0 unspecified atom stereocenters. The second-order valence-corrected chi connectivity index (χ2v) is 4.68. The fraction of sp³-hybridized carbons (Fsp3) is 0.0625. The largest absolute Gasteiger partial charge is 0.368 e. The van der Waals surface area contributed by atoms with Crippen LogP contribution in [0.2, 0.25) is 0 Å². The first-order chi connectivity index (χ1) is 10.2. The topological polar surface area (TPSA) is 78.0 Å². The molecule has 0 radical (unpaired) electrons. The summed E-state index contributed by atoms with van der Waals surface area (Å²) in [5.74, 6) is -0.573. The Morgan fingerprint density at radius 2 is 1.71 bits per heavy atom. The van der Waals surface area contributed by atoms with Crippen molar-refractivity contribution < 1.29 is 4.79 Å². The second-order valence-electron chi connectivity index (χ2n) is 4.68. The van der Waals surface area contributed by atoms with Crippen molar-refractivity contribution >= 4 is 16.8 Å². The number of hydrogen-bond acceptors (Lipinski definition) is 3. The maximum atomic E-state index is 12.2. The first-order valence-electron chi connectivity index (χ1n) is 6.50. The molecule has 1 amide bonds. The molecule has 0 saturated carbocycles. The molecule has 5 heteroatoms. The molecule has 0 aliphatic heterocycles. The summed E-state index contributed by atoms with van der Waals surface area (Å²) in [6.45, 7) is -0.179. The van der Waals surface area contributed by atoms with E-state index in [1.54, 1.807) is 6.07 Å². The number of rotatable bonds is 3. The number of carbonyl (C=O) groups excluding carboxylic acids is 1. The summed E-state index contributed by atoms with van der Waals surface area (Å²) in [5.41, 5.74) is 6.84. The van der Waals surface area contributed by atoms with E-state index in [1.807, 2.05) is 48.5 Å². The third-order valence-electron chi connectivity index (χ3n) is 3.25. The Labute approximate surface area is 120 Å². The lowest BCUT2D eigenvalue weighted by Gasteiger charge is -2.11. The summed E-state index contributed by atoms with van der Waals surface area (Å²) in [7, 11) is 0. The number of amides is 1. The van der Waals surface area contributed by atoms with Gasteiger partial charge in [0.15, 0.2) is 0 Å². The van der Waals surface area contributed by atoms with Crippen molar-refractivity contribution in [3.8, 4) is 11.3 Å². The van der Waals surface area contributed by atoms with E-state index in [-0.39, 0.29) is 6.54 Å². The van der Waals surface area contributed by atoms with Crippen molar-refractivity contribution in [2.45, 2.75) is 6.54 Å². The Bertz CT molecular complexity index is 870. The van der Waals surface area contributed by atoms with Gasteiger partial charge in [-0.25, -0.2) is 4.79 Å². The zero-order valence-corrected chi connectivity index (χ0v) is 11.2. The molecule has 0 bridgehead atoms. The van der Waals surface area contributed by atoms with Gasteiger partial charge in [-0.2, -0.15) is 4.98 Å². The maximum absolute atomic E-state index is 12.2. The quantitative estimate of drug-likeness (QED) is 0.790. The highest BCUT2D eigenvalue weighted by Crippen LogP contribution is 2.24. The molecule has 0 atom stereocenters. The number of nitrogens with zero attached hydrogens (tertiary/aromatic N) is 2. The number of nitrogens with two attached hydrogens (primary N) is 1. The van der Waals surface area contributed by atoms with E-state index >= 15 is 0 Å². The molecule has 0 aliphatic carbocycles. The van der Waals surface area contributed by atoms with E-state index in [2.05, 4.69) is 4.98 Å². The predicted molar refractivity (Wildman–Crippen MR) is 80.6 cm³/mol. The highest BCUT2D eigenvalue weighted by Gasteiger charge is 2.12. The lowest BCUT2D eigenvalue weighted by atomic mass is 10.1. The van der Waals surface area contributed by atoms with Gasteiger partial charge in [-0.1, -0.05) is 48.5 Å². The number of benzene rings is 2. The van der Waals surface area contributed by atoms with Crippen LogP contribution in [0.4, 0.5) is 0 Å². The third kappa shape index (κ3) is 2.41. The minimum atomic E-state index is -0.573. The SMILES string of the molecule is NC(=O)Cn1c(=O)nc(-c2ccccc2)c2ccccc21. The Kier molecular flexibility index (Phi) is 3.23. The fourth-order valence-corrected chi connectivity index (χ4v) is 2.35. The molecule has 0 fully saturated rings. The zero-order chi connectivity index (χ0) is 14.8. The highest BCUT2D eigenvalue weighted by molar-refractivity contribution is 5.92. The Balaban J connectivity index is 2.34. The Morgan fingerprint density at radius 3 is 2.43 bits per heavy atom. The van der Waals surface area contributed by atoms with Crippen LogP contribution in [0, 0.1) is 0 Å². The third-order valence-corrected chi connectivity index (χ3v) is 3.25. The first-order valence-corrected chi connectivity index (χ1v) is 6.50. The molecule has 1 heterocycles. The second kappa shape index (κ2) is 5.20. The van der Waals surface area contributed by atoms with E-state index in [0.717, 1.165) is 10.9 Å². The zero-order valence-electron chi connectivity index (χ0n) is 11.2. The van der Waals surface area contributed by atoms with Crippen molar-refractivity contribution in [1.82, 2.24) is 9.55 Å². The van der Waals surface area contributed by atoms with Gasteiger partial charge >= 0.3 is 5.69 Å². The van der Waals surface area contributed by atoms with Crippen molar-refractivity contribution in [3.05, 3.63) is 65.1 Å². The smallest absolute Gasteiger partial charge is 0.349 e. The van der Waals surface area contributed by atoms with Gasteiger partial charge in [0.25, 0.3) is 0 Å². The summed E-state index contributed by atoms with van der Waals surface area (Å²) in [6, 6.07) is 16.8. The molecule has 5 nitrogen and oxygen atoms in total. The number of primary amides is 1. The molecule has 2 N–H and O–H groups in total. The van der Waals surface area contributed by atoms with Crippen LogP contribution in [0.3, 0.4) is 0 Å². The van der Waals surface area contributed by atoms with Crippen LogP contribution in [0.1, 0.15) is 0 Å². The number of hydrogen-bond donors (Lipinski definition) is 1. The fourth-order valence-electron chi connectivity index (χ4n) is 2.35. The number of para-hydroxylation sites is 1. The minimum Gasteiger partial charge on any atom is -0.368 e. The summed E-state index contributed by atoms with van der Waals surface area (Å²) < 4.78 is 1.30. The molecule has 21 heavy (non-hydrogen) atoms. The standard InChI is InChI=1S/C16H13N3O2/c17-14(20)10-19-13-9-5-4-8-12(13)15(18-16(19)21)11-6-2-1-3-7-11/h1-9H,10H2,(H2,17,20). The van der Waals surface area contributed by atoms with Crippen molar-refractivity contribution in [2.75, 3.05) is 0 Å². The molecular formula is C16H13N3O2. The van der Waals surface area contributed by atoms with Gasteiger partial charge in [0.1, 0.15) is 6.54 Å². The van der Waals surface area contributed by atoms with Gasteiger partial charge in [0, 0.05) is 10.9 Å². The lowest BCUT2D eigenvalue weighted by Crippen LogP contribution is -2.30. The monoisotopic (exact) mass is 279 g/mol. The average Bonchev–Trinajstić information content (AvgIpc) is 2.50. The van der Waals surface area contributed by atoms with E-state index in [1.165, 1.54) is 4.57 Å². The lowest BCUT2D eigenvalue weighted by molar-refractivity contribution is -0.118. The summed E-state index contributed by atoms with van der Waals surface area (Å²) in [6.07, 6.45) is 0. The molecule has 3 rings (SSSR count). The van der Waals surface area contributed by atoms with Crippen LogP contribution in [0.15, 0.2) is 59.4 Å². The number of fused-ring (bicyclic) bond motifs is 1. The van der Waals surface area contributed by atoms with Crippen LogP contribution >= 0.6 is 0 Å². The summed E-state index contributed by atoms with van der Waals surface area (Å²) in [5, 5.41) is 0.810. The average molecular weight is 279 g/mol. The van der Waals surface area contributed by atoms with Crippen LogP contribution < -0.4 is 11.4 Å². The summed E-state index contributed by atoms with van der Waals surface area (Å²) >= 11 is 0. The maximum Gasteiger partial charge on any atom is 0.349 e. The molecule has 3 aromatic rings. The van der Waals surface area contributed by atoms with E-state index in [4.69, 9.17) is 5.73 Å². The van der Waals surface area contributed by atoms with Crippen LogP contribution in [-0.4, -0.2) is 15.5 Å². The van der Waals surface area contributed by atoms with Crippen molar-refractivity contribution in [1.29, 1.82) is 0 Å². The predicted octanol–water partition coefficient (Wildman–Crippen LogP) is 1.55. The summed E-state index contributed by atoms with van der Waals surface area (Å²) in [4.78, 5) is 27.5. The van der Waals surface area contributed by atoms with Gasteiger partial charge in [-0.05, 0) is 6.07 Å². The van der Waals surface area contributed by atoms with Gasteiger partial charge in [0.2, 0.25) is 5.91 Å². The molecule has 0 spiro atoms. The van der Waals surface area contributed by atoms with Gasteiger partial charge in [0.05, 0.1) is 11.2 Å². The number of aromatic nitrogens is 2. The van der Waals surface area contributed by atoms with Crippen LogP contribution in [0.25, 0.3) is 22.2 Å². The van der Waals surface area contributed by atoms with Crippen LogP contribution in [-0.2, 0) is 11.3 Å². The van der Waals surface area contributed by atoms with Gasteiger partial charge in [-0.15, -0.1) is 0 Å². The van der Waals surface area contributed by atoms with Gasteiger partial charge < -0.3 is 5.73 Å². The highest BCUT2D eigenvalue weighted by atomic mass is 16.2. The molecule has 1 aromatic heterocycles.